The topological polar surface area (TPSA) is 45.8 Å². The molecule has 0 unspecified atom stereocenters. The number of nitrogens with one attached hydrogen (secondary N) is 1. The predicted octanol–water partition coefficient (Wildman–Crippen LogP) is 1.36. The molecule has 4 heteroatoms. The van der Waals surface area contributed by atoms with E-state index in [-0.39, 0.29) is 5.56 Å². The van der Waals surface area contributed by atoms with Crippen LogP contribution in [0, 0.1) is 6.92 Å². The Morgan fingerprint density at radius 3 is 2.67 bits per heavy atom. The van der Waals surface area contributed by atoms with E-state index < -0.39 is 0 Å². The van der Waals surface area contributed by atoms with Crippen molar-refractivity contribution < 1.29 is 0 Å². The molecule has 12 heavy (non-hydrogen) atoms. The average Bonchev–Trinajstić information content (AvgIpc) is 2.03. The van der Waals surface area contributed by atoms with Gasteiger partial charge in [-0.1, -0.05) is 18.7 Å². The molecule has 66 valence electrons. The van der Waals surface area contributed by atoms with E-state index in [9.17, 15) is 4.79 Å². The van der Waals surface area contributed by atoms with Crippen LogP contribution in [0.25, 0.3) is 0 Å². The maximum atomic E-state index is 11.3. The summed E-state index contributed by atoms with van der Waals surface area (Å²) in [6.45, 7) is 3.83. The molecular formula is C8H12N2OS. The number of hydrogen-bond donors (Lipinski definition) is 1. The zero-order valence-corrected chi connectivity index (χ0v) is 8.29. The van der Waals surface area contributed by atoms with Crippen LogP contribution in [0.3, 0.4) is 0 Å². The lowest BCUT2D eigenvalue weighted by Gasteiger charge is -2.02. The van der Waals surface area contributed by atoms with Gasteiger partial charge in [-0.2, -0.15) is 0 Å². The molecule has 3 nitrogen and oxygen atoms in total. The number of hydrogen-bond acceptors (Lipinski definition) is 3. The molecule has 0 aromatic carbocycles. The van der Waals surface area contributed by atoms with Crippen LogP contribution in [0.15, 0.2) is 9.95 Å². The van der Waals surface area contributed by atoms with Crippen molar-refractivity contribution in [1.82, 2.24) is 9.97 Å². The molecule has 1 aromatic heterocycles. The van der Waals surface area contributed by atoms with E-state index >= 15 is 0 Å². The molecule has 0 aliphatic carbocycles. The fourth-order valence-electron chi connectivity index (χ4n) is 1.10. The molecule has 0 amide bonds. The van der Waals surface area contributed by atoms with Crippen LogP contribution in [0.2, 0.25) is 0 Å². The van der Waals surface area contributed by atoms with E-state index in [0.717, 1.165) is 17.7 Å². The highest BCUT2D eigenvalue weighted by atomic mass is 32.2. The molecule has 1 aromatic rings. The SMILES string of the molecule is CCc1c(C)nc(SC)[nH]c1=O. The first-order valence-corrected chi connectivity index (χ1v) is 5.05. The number of aromatic nitrogens is 2. The molecule has 1 heterocycles. The highest BCUT2D eigenvalue weighted by Crippen LogP contribution is 2.07. The Morgan fingerprint density at radius 2 is 2.25 bits per heavy atom. The van der Waals surface area contributed by atoms with Crippen LogP contribution >= 0.6 is 11.8 Å². The number of thioether (sulfide) groups is 1. The minimum atomic E-state index is -0.00523. The second kappa shape index (κ2) is 3.76. The van der Waals surface area contributed by atoms with Gasteiger partial charge in [-0.3, -0.25) is 4.79 Å². The van der Waals surface area contributed by atoms with E-state index in [4.69, 9.17) is 0 Å². The number of aryl methyl sites for hydroxylation is 1. The maximum Gasteiger partial charge on any atom is 0.254 e. The minimum Gasteiger partial charge on any atom is -0.301 e. The Balaban J connectivity index is 3.28. The van der Waals surface area contributed by atoms with Gasteiger partial charge in [0.2, 0.25) is 0 Å². The van der Waals surface area contributed by atoms with E-state index in [1.807, 2.05) is 20.1 Å². The third kappa shape index (κ3) is 1.69. The average molecular weight is 184 g/mol. The number of rotatable bonds is 2. The van der Waals surface area contributed by atoms with Gasteiger partial charge in [-0.05, 0) is 19.6 Å². The summed E-state index contributed by atoms with van der Waals surface area (Å²) >= 11 is 1.45. The van der Waals surface area contributed by atoms with E-state index in [0.29, 0.717) is 5.16 Å². The third-order valence-electron chi connectivity index (χ3n) is 1.75. The standard InChI is InChI=1S/C8H12N2OS/c1-4-6-5(2)9-8(12-3)10-7(6)11/h4H2,1-3H3,(H,9,10,11). The summed E-state index contributed by atoms with van der Waals surface area (Å²) in [4.78, 5) is 18.3. The zero-order chi connectivity index (χ0) is 9.14. The van der Waals surface area contributed by atoms with Crippen molar-refractivity contribution in [2.75, 3.05) is 6.26 Å². The second-order valence-electron chi connectivity index (χ2n) is 2.49. The Morgan fingerprint density at radius 1 is 1.58 bits per heavy atom. The lowest BCUT2D eigenvalue weighted by molar-refractivity contribution is 0.860. The molecule has 0 radical (unpaired) electrons. The Hall–Kier alpha value is -0.770. The van der Waals surface area contributed by atoms with Crippen LogP contribution in [-0.4, -0.2) is 16.2 Å². The zero-order valence-electron chi connectivity index (χ0n) is 7.47. The smallest absolute Gasteiger partial charge is 0.254 e. The lowest BCUT2D eigenvalue weighted by atomic mass is 10.2. The highest BCUT2D eigenvalue weighted by molar-refractivity contribution is 7.98. The molecule has 0 aliphatic rings. The predicted molar refractivity (Wildman–Crippen MR) is 50.8 cm³/mol. The largest absolute Gasteiger partial charge is 0.301 e. The van der Waals surface area contributed by atoms with Crippen molar-refractivity contribution in [2.24, 2.45) is 0 Å². The van der Waals surface area contributed by atoms with Crippen LogP contribution in [-0.2, 0) is 6.42 Å². The van der Waals surface area contributed by atoms with Gasteiger partial charge < -0.3 is 4.98 Å². The molecule has 1 rings (SSSR count). The summed E-state index contributed by atoms with van der Waals surface area (Å²) in [5.41, 5.74) is 1.62. The monoisotopic (exact) mass is 184 g/mol. The van der Waals surface area contributed by atoms with Crippen LogP contribution in [0.1, 0.15) is 18.2 Å². The van der Waals surface area contributed by atoms with Gasteiger partial charge in [0.25, 0.3) is 5.56 Å². The summed E-state index contributed by atoms with van der Waals surface area (Å²) in [6.07, 6.45) is 2.63. The van der Waals surface area contributed by atoms with Gasteiger partial charge in [0.05, 0.1) is 0 Å². The van der Waals surface area contributed by atoms with Gasteiger partial charge in [0.15, 0.2) is 5.16 Å². The van der Waals surface area contributed by atoms with Crippen LogP contribution in [0.4, 0.5) is 0 Å². The number of nitrogens with zero attached hydrogens (tertiary/aromatic N) is 1. The maximum absolute atomic E-state index is 11.3. The Bertz CT molecular complexity index is 332. The summed E-state index contributed by atoms with van der Waals surface area (Å²) in [7, 11) is 0. The third-order valence-corrected chi connectivity index (χ3v) is 2.33. The molecule has 0 fully saturated rings. The van der Waals surface area contributed by atoms with Crippen molar-refractivity contribution in [3.8, 4) is 0 Å². The van der Waals surface area contributed by atoms with E-state index in [1.54, 1.807) is 0 Å². The quantitative estimate of drug-likeness (QED) is 0.557. The molecule has 1 N–H and O–H groups in total. The molecular weight excluding hydrogens is 172 g/mol. The molecule has 0 saturated heterocycles. The molecule has 0 aliphatic heterocycles. The summed E-state index contributed by atoms with van der Waals surface area (Å²) in [5.74, 6) is 0. The van der Waals surface area contributed by atoms with E-state index in [2.05, 4.69) is 9.97 Å². The van der Waals surface area contributed by atoms with E-state index in [1.165, 1.54) is 11.8 Å². The van der Waals surface area contributed by atoms with Crippen molar-refractivity contribution >= 4 is 11.8 Å². The van der Waals surface area contributed by atoms with Gasteiger partial charge in [0, 0.05) is 11.3 Å². The first kappa shape index (κ1) is 9.32. The normalized spacial score (nSPS) is 10.2. The Labute approximate surface area is 75.6 Å². The van der Waals surface area contributed by atoms with Crippen LogP contribution in [0.5, 0.6) is 0 Å². The molecule has 0 saturated carbocycles. The first-order chi connectivity index (χ1) is 5.69. The van der Waals surface area contributed by atoms with Crippen molar-refractivity contribution in [3.63, 3.8) is 0 Å². The van der Waals surface area contributed by atoms with Crippen molar-refractivity contribution in [1.29, 1.82) is 0 Å². The fraction of sp³-hybridized carbons (Fsp3) is 0.500. The number of aromatic amines is 1. The highest BCUT2D eigenvalue weighted by Gasteiger charge is 2.04. The summed E-state index contributed by atoms with van der Waals surface area (Å²) in [5, 5.41) is 0.690. The fourth-order valence-corrected chi connectivity index (χ4v) is 1.52. The second-order valence-corrected chi connectivity index (χ2v) is 3.29. The van der Waals surface area contributed by atoms with Gasteiger partial charge in [-0.25, -0.2) is 4.98 Å². The van der Waals surface area contributed by atoms with Gasteiger partial charge in [-0.15, -0.1) is 0 Å². The molecule has 0 atom stereocenters. The van der Waals surface area contributed by atoms with Crippen molar-refractivity contribution in [2.45, 2.75) is 25.4 Å². The minimum absolute atomic E-state index is 0.00523. The Kier molecular flexibility index (Phi) is 2.92. The van der Waals surface area contributed by atoms with Crippen molar-refractivity contribution in [3.05, 3.63) is 21.6 Å². The number of H-pyrrole nitrogens is 1. The first-order valence-electron chi connectivity index (χ1n) is 3.82. The van der Waals surface area contributed by atoms with Gasteiger partial charge in [0.1, 0.15) is 0 Å². The lowest BCUT2D eigenvalue weighted by Crippen LogP contribution is -2.16. The molecule has 0 spiro atoms. The summed E-state index contributed by atoms with van der Waals surface area (Å²) in [6, 6.07) is 0. The molecule has 0 bridgehead atoms. The van der Waals surface area contributed by atoms with Gasteiger partial charge >= 0.3 is 0 Å². The van der Waals surface area contributed by atoms with Crippen LogP contribution < -0.4 is 5.56 Å². The summed E-state index contributed by atoms with van der Waals surface area (Å²) < 4.78 is 0.